The first-order chi connectivity index (χ1) is 8.76. The average molecular weight is 247 g/mol. The van der Waals surface area contributed by atoms with E-state index in [0.717, 1.165) is 12.2 Å². The highest BCUT2D eigenvalue weighted by Gasteiger charge is 2.24. The molecular formula is C14H17NO3. The second-order valence-electron chi connectivity index (χ2n) is 4.07. The lowest BCUT2D eigenvalue weighted by molar-refractivity contribution is 0.00329. The van der Waals surface area contributed by atoms with Gasteiger partial charge in [-0.2, -0.15) is 0 Å². The van der Waals surface area contributed by atoms with E-state index in [-0.39, 0.29) is 12.1 Å². The monoisotopic (exact) mass is 247 g/mol. The van der Waals surface area contributed by atoms with Crippen LogP contribution in [0, 0.1) is 0 Å². The van der Waals surface area contributed by atoms with Crippen LogP contribution in [-0.2, 0) is 4.74 Å². The van der Waals surface area contributed by atoms with E-state index >= 15 is 0 Å². The minimum Gasteiger partial charge on any atom is -0.497 e. The van der Waals surface area contributed by atoms with Gasteiger partial charge in [-0.3, -0.25) is 4.79 Å². The number of carbonyl (C=O) groups is 1. The van der Waals surface area contributed by atoms with Gasteiger partial charge >= 0.3 is 0 Å². The molecule has 0 saturated carbocycles. The van der Waals surface area contributed by atoms with E-state index in [2.05, 4.69) is 0 Å². The average Bonchev–Trinajstić information content (AvgIpc) is 2.46. The summed E-state index contributed by atoms with van der Waals surface area (Å²) in [7, 11) is 3.21. The molecule has 1 aromatic carbocycles. The Bertz CT molecular complexity index is 439. The maximum absolute atomic E-state index is 12.3. The van der Waals surface area contributed by atoms with Crippen LogP contribution in [0.4, 0.5) is 0 Å². The molecule has 1 aliphatic heterocycles. The second-order valence-corrected chi connectivity index (χ2v) is 4.07. The first kappa shape index (κ1) is 12.6. The Kier molecular flexibility index (Phi) is 3.99. The van der Waals surface area contributed by atoms with Crippen LogP contribution in [0.25, 0.3) is 0 Å². The number of hydrogen-bond acceptors (Lipinski definition) is 3. The van der Waals surface area contributed by atoms with Crippen LogP contribution in [0.1, 0.15) is 16.8 Å². The molecule has 0 aromatic heterocycles. The third-order valence-electron chi connectivity index (χ3n) is 2.98. The van der Waals surface area contributed by atoms with Gasteiger partial charge in [-0.1, -0.05) is 6.08 Å². The summed E-state index contributed by atoms with van der Waals surface area (Å²) in [5, 5.41) is 0. The quantitative estimate of drug-likeness (QED) is 0.767. The van der Waals surface area contributed by atoms with Crippen molar-refractivity contribution < 1.29 is 14.3 Å². The molecule has 96 valence electrons. The number of methoxy groups -OCH3 is 2. The normalized spacial score (nSPS) is 18.8. The summed E-state index contributed by atoms with van der Waals surface area (Å²) in [6.45, 7) is 0.680. The molecule has 1 aliphatic rings. The zero-order valence-electron chi connectivity index (χ0n) is 10.6. The third-order valence-corrected chi connectivity index (χ3v) is 2.98. The van der Waals surface area contributed by atoms with Crippen molar-refractivity contribution in [3.8, 4) is 5.75 Å². The molecule has 0 radical (unpaired) electrons. The van der Waals surface area contributed by atoms with Crippen molar-refractivity contribution in [3.63, 3.8) is 0 Å². The van der Waals surface area contributed by atoms with Crippen molar-refractivity contribution in [2.24, 2.45) is 0 Å². The summed E-state index contributed by atoms with van der Waals surface area (Å²) in [5.74, 6) is 0.724. The number of carbonyl (C=O) groups excluding carboxylic acids is 1. The highest BCUT2D eigenvalue weighted by molar-refractivity contribution is 5.94. The van der Waals surface area contributed by atoms with Gasteiger partial charge in [-0.15, -0.1) is 0 Å². The zero-order chi connectivity index (χ0) is 13.0. The van der Waals surface area contributed by atoms with Crippen molar-refractivity contribution in [2.45, 2.75) is 12.6 Å². The molecule has 1 heterocycles. The molecule has 0 fully saturated rings. The molecule has 4 nitrogen and oxygen atoms in total. The van der Waals surface area contributed by atoms with Gasteiger partial charge in [0, 0.05) is 19.2 Å². The molecule has 0 bridgehead atoms. The van der Waals surface area contributed by atoms with Crippen molar-refractivity contribution in [2.75, 3.05) is 20.8 Å². The van der Waals surface area contributed by atoms with Gasteiger partial charge < -0.3 is 14.4 Å². The molecule has 4 heteroatoms. The smallest absolute Gasteiger partial charge is 0.256 e. The third kappa shape index (κ3) is 2.54. The summed E-state index contributed by atoms with van der Waals surface area (Å²) >= 11 is 0. The van der Waals surface area contributed by atoms with Gasteiger partial charge in [0.25, 0.3) is 5.91 Å². The lowest BCUT2D eigenvalue weighted by Gasteiger charge is -2.31. The van der Waals surface area contributed by atoms with Crippen LogP contribution in [0.5, 0.6) is 5.75 Å². The Morgan fingerprint density at radius 3 is 2.61 bits per heavy atom. The van der Waals surface area contributed by atoms with Gasteiger partial charge in [-0.25, -0.2) is 0 Å². The van der Waals surface area contributed by atoms with E-state index < -0.39 is 0 Å². The largest absolute Gasteiger partial charge is 0.497 e. The maximum Gasteiger partial charge on any atom is 0.256 e. The molecule has 2 rings (SSSR count). The molecule has 1 unspecified atom stereocenters. The van der Waals surface area contributed by atoms with Crippen LogP contribution in [0.15, 0.2) is 36.4 Å². The predicted octanol–water partition coefficient (Wildman–Crippen LogP) is 2.07. The molecular weight excluding hydrogens is 230 g/mol. The molecule has 1 atom stereocenters. The van der Waals surface area contributed by atoms with Crippen molar-refractivity contribution in [1.29, 1.82) is 0 Å². The lowest BCUT2D eigenvalue weighted by Crippen LogP contribution is -2.42. The van der Waals surface area contributed by atoms with Gasteiger partial charge in [0.1, 0.15) is 5.75 Å². The molecule has 0 spiro atoms. The number of rotatable bonds is 3. The van der Waals surface area contributed by atoms with Crippen LogP contribution in [0.3, 0.4) is 0 Å². The molecule has 1 aromatic rings. The fourth-order valence-corrected chi connectivity index (χ4v) is 1.98. The first-order valence-electron chi connectivity index (χ1n) is 5.90. The maximum atomic E-state index is 12.3. The van der Waals surface area contributed by atoms with Crippen molar-refractivity contribution in [3.05, 3.63) is 42.0 Å². The van der Waals surface area contributed by atoms with Crippen LogP contribution < -0.4 is 4.74 Å². The lowest BCUT2D eigenvalue weighted by atomic mass is 10.1. The first-order valence-corrected chi connectivity index (χ1v) is 5.90. The van der Waals surface area contributed by atoms with Crippen LogP contribution in [-0.4, -0.2) is 37.8 Å². The zero-order valence-corrected chi connectivity index (χ0v) is 10.6. The van der Waals surface area contributed by atoms with E-state index in [0.29, 0.717) is 12.1 Å². The molecule has 1 amide bonds. The summed E-state index contributed by atoms with van der Waals surface area (Å²) < 4.78 is 10.4. The van der Waals surface area contributed by atoms with E-state index in [4.69, 9.17) is 9.47 Å². The predicted molar refractivity (Wildman–Crippen MR) is 68.6 cm³/mol. The molecule has 0 aliphatic carbocycles. The number of benzene rings is 1. The Morgan fingerprint density at radius 1 is 1.28 bits per heavy atom. The highest BCUT2D eigenvalue weighted by Crippen LogP contribution is 2.17. The minimum atomic E-state index is -0.270. The fourth-order valence-electron chi connectivity index (χ4n) is 1.98. The van der Waals surface area contributed by atoms with Gasteiger partial charge in [0.05, 0.1) is 7.11 Å². The van der Waals surface area contributed by atoms with Crippen molar-refractivity contribution in [1.82, 2.24) is 4.90 Å². The Morgan fingerprint density at radius 2 is 2.00 bits per heavy atom. The van der Waals surface area contributed by atoms with E-state index in [1.54, 1.807) is 43.4 Å². The Balaban J connectivity index is 2.16. The topological polar surface area (TPSA) is 38.8 Å². The van der Waals surface area contributed by atoms with E-state index in [1.807, 2.05) is 12.2 Å². The highest BCUT2D eigenvalue weighted by atomic mass is 16.5. The summed E-state index contributed by atoms with van der Waals surface area (Å²) in [6.07, 6.45) is 4.53. The molecule has 18 heavy (non-hydrogen) atoms. The summed E-state index contributed by atoms with van der Waals surface area (Å²) in [4.78, 5) is 14.1. The van der Waals surface area contributed by atoms with Crippen LogP contribution in [0.2, 0.25) is 0 Å². The molecule has 0 saturated heterocycles. The SMILES string of the molecule is COc1ccc(C(=O)N2CCC=CC2OC)cc1. The van der Waals surface area contributed by atoms with Crippen LogP contribution >= 0.6 is 0 Å². The van der Waals surface area contributed by atoms with Gasteiger partial charge in [0.2, 0.25) is 0 Å². The Hall–Kier alpha value is -1.81. The summed E-state index contributed by atoms with van der Waals surface area (Å²) in [5.41, 5.74) is 0.646. The minimum absolute atomic E-state index is 0.0196. The number of amides is 1. The standard InChI is InChI=1S/C14H17NO3/c1-17-12-8-6-11(7-9-12)14(16)15-10-4-3-5-13(15)18-2/h3,5-9,13H,4,10H2,1-2H3. The number of nitrogens with zero attached hydrogens (tertiary/aromatic N) is 1. The van der Waals surface area contributed by atoms with E-state index in [9.17, 15) is 4.79 Å². The summed E-state index contributed by atoms with van der Waals surface area (Å²) in [6, 6.07) is 7.11. The number of ether oxygens (including phenoxy) is 2. The Labute approximate surface area is 107 Å². The second kappa shape index (κ2) is 5.69. The van der Waals surface area contributed by atoms with Crippen molar-refractivity contribution >= 4 is 5.91 Å². The molecule has 0 N–H and O–H groups in total. The van der Waals surface area contributed by atoms with Gasteiger partial charge in [-0.05, 0) is 36.8 Å². The fraction of sp³-hybridized carbons (Fsp3) is 0.357. The number of hydrogen-bond donors (Lipinski definition) is 0. The van der Waals surface area contributed by atoms with Gasteiger partial charge in [0.15, 0.2) is 6.23 Å². The van der Waals surface area contributed by atoms with E-state index in [1.165, 1.54) is 0 Å².